The number of thiophene rings is 1. The summed E-state index contributed by atoms with van der Waals surface area (Å²) >= 11 is 1.76. The molecule has 11 heavy (non-hydrogen) atoms. The molecule has 0 aliphatic rings. The lowest BCUT2D eigenvalue weighted by Gasteiger charge is -1.84. The van der Waals surface area contributed by atoms with E-state index in [0.29, 0.717) is 0 Å². The monoisotopic (exact) mass is 165 g/mol. The topological polar surface area (TPSA) is 12.4 Å². The maximum Gasteiger partial charge on any atom is 0.0485 e. The highest BCUT2D eigenvalue weighted by molar-refractivity contribution is 7.13. The molecular weight excluding hydrogens is 154 g/mol. The third kappa shape index (κ3) is 2.02. The number of hydrogen-bond donors (Lipinski definition) is 0. The SMILES string of the molecule is C=CN=Cc1sc(C)cc1C. The van der Waals surface area contributed by atoms with E-state index in [9.17, 15) is 0 Å². The van der Waals surface area contributed by atoms with Gasteiger partial charge in [-0.25, -0.2) is 0 Å². The highest BCUT2D eigenvalue weighted by atomic mass is 32.1. The molecule has 0 bridgehead atoms. The van der Waals surface area contributed by atoms with Gasteiger partial charge in [-0.3, -0.25) is 4.99 Å². The van der Waals surface area contributed by atoms with Crippen molar-refractivity contribution in [2.24, 2.45) is 4.99 Å². The lowest BCUT2D eigenvalue weighted by Crippen LogP contribution is -1.74. The van der Waals surface area contributed by atoms with Crippen LogP contribution in [0.4, 0.5) is 0 Å². The highest BCUT2D eigenvalue weighted by Gasteiger charge is 1.97. The number of hydrogen-bond acceptors (Lipinski definition) is 2. The summed E-state index contributed by atoms with van der Waals surface area (Å²) in [5, 5.41) is 0. The molecule has 0 unspecified atom stereocenters. The average molecular weight is 165 g/mol. The zero-order chi connectivity index (χ0) is 8.27. The zero-order valence-electron chi connectivity index (χ0n) is 6.79. The van der Waals surface area contributed by atoms with Gasteiger partial charge in [0.1, 0.15) is 0 Å². The van der Waals surface area contributed by atoms with Gasteiger partial charge in [-0.05, 0) is 25.5 Å². The van der Waals surface area contributed by atoms with Gasteiger partial charge in [-0.15, -0.1) is 11.3 Å². The van der Waals surface area contributed by atoms with Crippen LogP contribution in [-0.2, 0) is 0 Å². The normalized spacial score (nSPS) is 10.7. The summed E-state index contributed by atoms with van der Waals surface area (Å²) in [6.07, 6.45) is 3.40. The highest BCUT2D eigenvalue weighted by Crippen LogP contribution is 2.18. The Kier molecular flexibility index (Phi) is 2.60. The molecule has 2 heteroatoms. The van der Waals surface area contributed by atoms with Crippen molar-refractivity contribution < 1.29 is 0 Å². The van der Waals surface area contributed by atoms with Gasteiger partial charge < -0.3 is 0 Å². The van der Waals surface area contributed by atoms with Gasteiger partial charge in [-0.2, -0.15) is 0 Å². The molecule has 1 aromatic rings. The van der Waals surface area contributed by atoms with Crippen LogP contribution in [0, 0.1) is 13.8 Å². The Bertz CT molecular complexity index is 284. The van der Waals surface area contributed by atoms with Gasteiger partial charge in [0.05, 0.1) is 0 Å². The summed E-state index contributed by atoms with van der Waals surface area (Å²) in [4.78, 5) is 6.52. The summed E-state index contributed by atoms with van der Waals surface area (Å²) in [6.45, 7) is 7.71. The molecular formula is C9H11NS. The number of aliphatic imine (C=N–C) groups is 1. The summed E-state index contributed by atoms with van der Waals surface area (Å²) in [5.41, 5.74) is 1.29. The van der Waals surface area contributed by atoms with E-state index >= 15 is 0 Å². The van der Waals surface area contributed by atoms with Crippen molar-refractivity contribution in [2.45, 2.75) is 13.8 Å². The smallest absolute Gasteiger partial charge is 0.0485 e. The molecule has 0 aliphatic carbocycles. The molecule has 0 radical (unpaired) electrons. The maximum absolute atomic E-state index is 3.97. The van der Waals surface area contributed by atoms with E-state index in [1.807, 2.05) is 6.21 Å². The van der Waals surface area contributed by atoms with Crippen LogP contribution >= 0.6 is 11.3 Å². The van der Waals surface area contributed by atoms with Crippen molar-refractivity contribution in [1.82, 2.24) is 0 Å². The first kappa shape index (κ1) is 8.21. The molecule has 0 saturated heterocycles. The molecule has 1 rings (SSSR count). The van der Waals surface area contributed by atoms with Crippen molar-refractivity contribution in [3.05, 3.63) is 34.2 Å². The molecule has 0 amide bonds. The van der Waals surface area contributed by atoms with Crippen molar-refractivity contribution >= 4 is 17.6 Å². The Balaban J connectivity index is 2.93. The van der Waals surface area contributed by atoms with Crippen molar-refractivity contribution in [3.63, 3.8) is 0 Å². The summed E-state index contributed by atoms with van der Waals surface area (Å²) < 4.78 is 0. The van der Waals surface area contributed by atoms with Gasteiger partial charge in [-0.1, -0.05) is 6.58 Å². The molecule has 1 aromatic heterocycles. The van der Waals surface area contributed by atoms with Crippen LogP contribution in [0.3, 0.4) is 0 Å². The van der Waals surface area contributed by atoms with Crippen molar-refractivity contribution in [3.8, 4) is 0 Å². The molecule has 0 fully saturated rings. The third-order valence-corrected chi connectivity index (χ3v) is 2.46. The standard InChI is InChI=1S/C9H11NS/c1-4-10-6-9-7(2)5-8(3)11-9/h4-6H,1H2,2-3H3. The van der Waals surface area contributed by atoms with Crippen LogP contribution in [0.25, 0.3) is 0 Å². The van der Waals surface area contributed by atoms with E-state index in [4.69, 9.17) is 0 Å². The summed E-state index contributed by atoms with van der Waals surface area (Å²) in [6, 6.07) is 2.16. The fraction of sp³-hybridized carbons (Fsp3) is 0.222. The minimum absolute atomic E-state index is 1.22. The zero-order valence-corrected chi connectivity index (χ0v) is 7.61. The fourth-order valence-corrected chi connectivity index (χ4v) is 1.82. The molecule has 0 spiro atoms. The van der Waals surface area contributed by atoms with Crippen LogP contribution < -0.4 is 0 Å². The molecule has 0 aromatic carbocycles. The number of aryl methyl sites for hydroxylation is 2. The van der Waals surface area contributed by atoms with Gasteiger partial charge in [0.15, 0.2) is 0 Å². The fourth-order valence-electron chi connectivity index (χ4n) is 0.908. The summed E-state index contributed by atoms with van der Waals surface area (Å²) in [7, 11) is 0. The van der Waals surface area contributed by atoms with E-state index < -0.39 is 0 Å². The van der Waals surface area contributed by atoms with E-state index in [0.717, 1.165) is 0 Å². The average Bonchev–Trinajstić information content (AvgIpc) is 2.26. The Morgan fingerprint density at radius 2 is 2.27 bits per heavy atom. The summed E-state index contributed by atoms with van der Waals surface area (Å²) in [5.74, 6) is 0. The Morgan fingerprint density at radius 1 is 1.55 bits per heavy atom. The lowest BCUT2D eigenvalue weighted by atomic mass is 10.3. The predicted molar refractivity (Wildman–Crippen MR) is 51.6 cm³/mol. The van der Waals surface area contributed by atoms with Gasteiger partial charge in [0, 0.05) is 22.2 Å². The minimum Gasteiger partial charge on any atom is -0.264 e. The van der Waals surface area contributed by atoms with Crippen LogP contribution in [0.5, 0.6) is 0 Å². The number of rotatable bonds is 2. The van der Waals surface area contributed by atoms with Crippen LogP contribution in [0.1, 0.15) is 15.3 Å². The third-order valence-electron chi connectivity index (χ3n) is 1.38. The van der Waals surface area contributed by atoms with E-state index in [-0.39, 0.29) is 0 Å². The van der Waals surface area contributed by atoms with Gasteiger partial charge in [0.25, 0.3) is 0 Å². The molecule has 0 saturated carbocycles. The second kappa shape index (κ2) is 3.49. The first-order valence-corrected chi connectivity index (χ1v) is 4.27. The Hall–Kier alpha value is -0.890. The molecule has 58 valence electrons. The predicted octanol–water partition coefficient (Wildman–Crippen LogP) is 2.93. The van der Waals surface area contributed by atoms with E-state index in [2.05, 4.69) is 31.5 Å². The second-order valence-electron chi connectivity index (χ2n) is 2.37. The molecule has 1 heterocycles. The van der Waals surface area contributed by atoms with Crippen molar-refractivity contribution in [1.29, 1.82) is 0 Å². The Morgan fingerprint density at radius 3 is 2.73 bits per heavy atom. The quantitative estimate of drug-likeness (QED) is 0.597. The van der Waals surface area contributed by atoms with E-state index in [1.165, 1.54) is 15.3 Å². The van der Waals surface area contributed by atoms with Gasteiger partial charge in [0.2, 0.25) is 0 Å². The van der Waals surface area contributed by atoms with Crippen LogP contribution in [-0.4, -0.2) is 6.21 Å². The second-order valence-corrected chi connectivity index (χ2v) is 3.65. The van der Waals surface area contributed by atoms with Crippen LogP contribution in [0.15, 0.2) is 23.8 Å². The lowest BCUT2D eigenvalue weighted by molar-refractivity contribution is 1.49. The van der Waals surface area contributed by atoms with E-state index in [1.54, 1.807) is 17.5 Å². The molecule has 0 aliphatic heterocycles. The largest absolute Gasteiger partial charge is 0.264 e. The van der Waals surface area contributed by atoms with Gasteiger partial charge >= 0.3 is 0 Å². The molecule has 1 nitrogen and oxygen atoms in total. The minimum atomic E-state index is 1.22. The van der Waals surface area contributed by atoms with Crippen LogP contribution in [0.2, 0.25) is 0 Å². The Labute approximate surface area is 71.1 Å². The molecule has 0 atom stereocenters. The van der Waals surface area contributed by atoms with Crippen molar-refractivity contribution in [2.75, 3.05) is 0 Å². The first-order valence-electron chi connectivity index (χ1n) is 3.45. The first-order chi connectivity index (χ1) is 5.24. The number of nitrogens with zero attached hydrogens (tertiary/aromatic N) is 1. The maximum atomic E-state index is 3.97. The molecule has 0 N–H and O–H groups in total.